The molecule has 1 heterocycles. The number of carbonyl (C=O) groups is 1. The van der Waals surface area contributed by atoms with Crippen molar-refractivity contribution >= 4 is 33.2 Å². The van der Waals surface area contributed by atoms with Crippen LogP contribution in [-0.2, 0) is 21.4 Å². The summed E-state index contributed by atoms with van der Waals surface area (Å²) in [4.78, 5) is 16.7. The van der Waals surface area contributed by atoms with Gasteiger partial charge in [0.1, 0.15) is 22.9 Å². The SMILES string of the molecule is COc1ccc(N(CC(=O)NCc2ccncc2)S(=O)(=O)c2cc(C)ccc2OC)cc1Cl. The Morgan fingerprint density at radius 3 is 2.33 bits per heavy atom. The van der Waals surface area contributed by atoms with E-state index in [1.54, 1.807) is 49.6 Å². The molecule has 174 valence electrons. The number of nitrogens with zero attached hydrogens (tertiary/aromatic N) is 2. The van der Waals surface area contributed by atoms with Gasteiger partial charge in [-0.2, -0.15) is 0 Å². The second-order valence-electron chi connectivity index (χ2n) is 7.12. The molecule has 2 aromatic carbocycles. The summed E-state index contributed by atoms with van der Waals surface area (Å²) in [5.74, 6) is 0.0596. The average Bonchev–Trinajstić information content (AvgIpc) is 2.81. The maximum absolute atomic E-state index is 13.7. The summed E-state index contributed by atoms with van der Waals surface area (Å²) in [6.45, 7) is 1.54. The van der Waals surface area contributed by atoms with Gasteiger partial charge in [0.2, 0.25) is 5.91 Å². The molecule has 3 aromatic rings. The molecule has 0 aliphatic heterocycles. The van der Waals surface area contributed by atoms with Crippen LogP contribution in [0.4, 0.5) is 5.69 Å². The third-order valence-corrected chi connectivity index (χ3v) is 6.93. The van der Waals surface area contributed by atoms with Crippen LogP contribution in [0.3, 0.4) is 0 Å². The number of aromatic nitrogens is 1. The van der Waals surface area contributed by atoms with Crippen molar-refractivity contribution in [1.82, 2.24) is 10.3 Å². The maximum Gasteiger partial charge on any atom is 0.268 e. The molecule has 0 spiro atoms. The summed E-state index contributed by atoms with van der Waals surface area (Å²) < 4.78 is 38.9. The average molecular weight is 490 g/mol. The minimum atomic E-state index is -4.20. The molecule has 0 bridgehead atoms. The van der Waals surface area contributed by atoms with E-state index < -0.39 is 22.5 Å². The van der Waals surface area contributed by atoms with Gasteiger partial charge in [-0.1, -0.05) is 17.7 Å². The molecule has 0 radical (unpaired) electrons. The molecule has 33 heavy (non-hydrogen) atoms. The van der Waals surface area contributed by atoms with Crippen LogP contribution in [-0.4, -0.2) is 40.1 Å². The predicted molar refractivity (Wildman–Crippen MR) is 126 cm³/mol. The molecule has 8 nitrogen and oxygen atoms in total. The van der Waals surface area contributed by atoms with Gasteiger partial charge >= 0.3 is 0 Å². The zero-order valence-electron chi connectivity index (χ0n) is 18.4. The van der Waals surface area contributed by atoms with Crippen molar-refractivity contribution in [3.05, 3.63) is 77.1 Å². The lowest BCUT2D eigenvalue weighted by Crippen LogP contribution is -2.40. The number of sulfonamides is 1. The normalized spacial score (nSPS) is 11.0. The zero-order valence-corrected chi connectivity index (χ0v) is 20.0. The van der Waals surface area contributed by atoms with Crippen molar-refractivity contribution in [3.8, 4) is 11.5 Å². The first-order valence-corrected chi connectivity index (χ1v) is 11.7. The number of carbonyl (C=O) groups excluding carboxylic acids is 1. The van der Waals surface area contributed by atoms with Gasteiger partial charge in [-0.05, 0) is 60.5 Å². The molecule has 0 aliphatic rings. The Balaban J connectivity index is 1.99. The monoisotopic (exact) mass is 489 g/mol. The minimum absolute atomic E-state index is 0.0566. The first-order valence-electron chi connectivity index (χ1n) is 9.92. The summed E-state index contributed by atoms with van der Waals surface area (Å²) in [5, 5.41) is 2.95. The summed E-state index contributed by atoms with van der Waals surface area (Å²) in [7, 11) is -1.35. The molecule has 0 atom stereocenters. The maximum atomic E-state index is 13.7. The van der Waals surface area contributed by atoms with Crippen LogP contribution in [0.5, 0.6) is 11.5 Å². The predicted octanol–water partition coefficient (Wildman–Crippen LogP) is 3.57. The molecule has 1 aromatic heterocycles. The second-order valence-corrected chi connectivity index (χ2v) is 9.35. The third-order valence-electron chi connectivity index (χ3n) is 4.84. The highest BCUT2D eigenvalue weighted by Crippen LogP contribution is 2.34. The number of anilines is 1. The van der Waals surface area contributed by atoms with Gasteiger partial charge < -0.3 is 14.8 Å². The number of halogens is 1. The Kier molecular flexibility index (Phi) is 7.78. The molecular weight excluding hydrogens is 466 g/mol. The molecule has 0 saturated heterocycles. The number of pyridine rings is 1. The lowest BCUT2D eigenvalue weighted by Gasteiger charge is -2.25. The van der Waals surface area contributed by atoms with Crippen molar-refractivity contribution in [2.75, 3.05) is 25.1 Å². The number of amides is 1. The van der Waals surface area contributed by atoms with Gasteiger partial charge in [0.25, 0.3) is 10.0 Å². The number of benzene rings is 2. The van der Waals surface area contributed by atoms with Crippen LogP contribution >= 0.6 is 11.6 Å². The fraction of sp³-hybridized carbons (Fsp3) is 0.217. The van der Waals surface area contributed by atoms with E-state index >= 15 is 0 Å². The Bertz CT molecular complexity index is 1240. The van der Waals surface area contributed by atoms with Crippen molar-refractivity contribution < 1.29 is 22.7 Å². The standard InChI is InChI=1S/C23H24ClN3O5S/c1-16-4-6-21(32-3)22(12-16)33(29,30)27(18-5-7-20(31-2)19(24)13-18)15-23(28)26-14-17-8-10-25-11-9-17/h4-13H,14-15H2,1-3H3,(H,26,28). The number of methoxy groups -OCH3 is 2. The van der Waals surface area contributed by atoms with Crippen molar-refractivity contribution in [1.29, 1.82) is 0 Å². The number of hydrogen-bond donors (Lipinski definition) is 1. The number of nitrogens with one attached hydrogen (secondary N) is 1. The van der Waals surface area contributed by atoms with Crippen LogP contribution in [0.2, 0.25) is 5.02 Å². The first kappa shape index (κ1) is 24.3. The summed E-state index contributed by atoms with van der Waals surface area (Å²) >= 11 is 6.25. The topological polar surface area (TPSA) is 97.8 Å². The number of rotatable bonds is 9. The fourth-order valence-electron chi connectivity index (χ4n) is 3.12. The number of aryl methyl sites for hydroxylation is 1. The number of hydrogen-bond acceptors (Lipinski definition) is 6. The van der Waals surface area contributed by atoms with Crippen LogP contribution in [0, 0.1) is 6.92 Å². The van der Waals surface area contributed by atoms with E-state index in [4.69, 9.17) is 21.1 Å². The molecule has 3 rings (SSSR count). The summed E-state index contributed by atoms with van der Waals surface area (Å²) in [6, 6.07) is 12.9. The smallest absolute Gasteiger partial charge is 0.268 e. The third kappa shape index (κ3) is 5.74. The van der Waals surface area contributed by atoms with Gasteiger partial charge in [-0.15, -0.1) is 0 Å². The van der Waals surface area contributed by atoms with Gasteiger partial charge in [0.15, 0.2) is 0 Å². The van der Waals surface area contributed by atoms with Gasteiger partial charge in [-0.3, -0.25) is 14.1 Å². The van der Waals surface area contributed by atoms with Crippen LogP contribution < -0.4 is 19.1 Å². The minimum Gasteiger partial charge on any atom is -0.495 e. The van der Waals surface area contributed by atoms with E-state index in [-0.39, 0.29) is 27.9 Å². The fourth-order valence-corrected chi connectivity index (χ4v) is 5.03. The van der Waals surface area contributed by atoms with Crippen LogP contribution in [0.1, 0.15) is 11.1 Å². The molecule has 0 aliphatic carbocycles. The molecular formula is C23H24ClN3O5S. The highest BCUT2D eigenvalue weighted by Gasteiger charge is 2.30. The summed E-state index contributed by atoms with van der Waals surface area (Å²) in [5.41, 5.74) is 1.77. The zero-order chi connectivity index (χ0) is 24.0. The Morgan fingerprint density at radius 1 is 1.03 bits per heavy atom. The van der Waals surface area contributed by atoms with E-state index in [0.29, 0.717) is 5.75 Å². The molecule has 0 saturated carbocycles. The largest absolute Gasteiger partial charge is 0.495 e. The van der Waals surface area contributed by atoms with Crippen LogP contribution in [0.15, 0.2) is 65.8 Å². The van der Waals surface area contributed by atoms with E-state index in [2.05, 4.69) is 10.3 Å². The molecule has 0 fully saturated rings. The second kappa shape index (κ2) is 10.5. The number of ether oxygens (including phenoxy) is 2. The Hall–Kier alpha value is -3.30. The van der Waals surface area contributed by atoms with Gasteiger partial charge in [0.05, 0.1) is 24.9 Å². The van der Waals surface area contributed by atoms with Crippen molar-refractivity contribution in [3.63, 3.8) is 0 Å². The van der Waals surface area contributed by atoms with Gasteiger partial charge in [-0.25, -0.2) is 8.42 Å². The highest BCUT2D eigenvalue weighted by molar-refractivity contribution is 7.93. The van der Waals surface area contributed by atoms with Crippen molar-refractivity contribution in [2.24, 2.45) is 0 Å². The van der Waals surface area contributed by atoms with E-state index in [0.717, 1.165) is 15.4 Å². The Morgan fingerprint density at radius 2 is 1.70 bits per heavy atom. The Labute approximate surface area is 198 Å². The first-order chi connectivity index (χ1) is 15.8. The highest BCUT2D eigenvalue weighted by atomic mass is 35.5. The van der Waals surface area contributed by atoms with Gasteiger partial charge in [0, 0.05) is 18.9 Å². The van der Waals surface area contributed by atoms with E-state index in [1.165, 1.54) is 32.4 Å². The molecule has 10 heteroatoms. The van der Waals surface area contributed by atoms with Crippen LogP contribution in [0.25, 0.3) is 0 Å². The lowest BCUT2D eigenvalue weighted by molar-refractivity contribution is -0.119. The van der Waals surface area contributed by atoms with Crippen molar-refractivity contribution in [2.45, 2.75) is 18.4 Å². The quantitative estimate of drug-likeness (QED) is 0.493. The van der Waals surface area contributed by atoms with E-state index in [1.807, 2.05) is 0 Å². The lowest BCUT2D eigenvalue weighted by atomic mass is 10.2. The van der Waals surface area contributed by atoms with E-state index in [9.17, 15) is 13.2 Å². The molecule has 0 unspecified atom stereocenters. The molecule has 1 N–H and O–H groups in total. The summed E-state index contributed by atoms with van der Waals surface area (Å²) in [6.07, 6.45) is 3.23. The molecule has 1 amide bonds.